The lowest BCUT2D eigenvalue weighted by molar-refractivity contribution is 0.178. The third-order valence-corrected chi connectivity index (χ3v) is 8.27. The molecule has 1 fully saturated rings. The maximum atomic E-state index is 13.0. The molecule has 182 valence electrons. The van der Waals surface area contributed by atoms with Gasteiger partial charge in [-0.1, -0.05) is 35.9 Å². The summed E-state index contributed by atoms with van der Waals surface area (Å²) in [5, 5.41) is 4.73. The molecule has 0 atom stereocenters. The van der Waals surface area contributed by atoms with Gasteiger partial charge in [0.1, 0.15) is 16.5 Å². The maximum absolute atomic E-state index is 13.0. The van der Waals surface area contributed by atoms with Gasteiger partial charge in [-0.05, 0) is 51.3 Å². The summed E-state index contributed by atoms with van der Waals surface area (Å²) in [4.78, 5) is 14.1. The van der Waals surface area contributed by atoms with Gasteiger partial charge in [0.25, 0.3) is 0 Å². The van der Waals surface area contributed by atoms with Gasteiger partial charge >= 0.3 is 0 Å². The molecule has 2 heterocycles. The molecule has 0 radical (unpaired) electrons. The van der Waals surface area contributed by atoms with Crippen LogP contribution >= 0.6 is 11.6 Å². The number of aromatic nitrogens is 2. The van der Waals surface area contributed by atoms with E-state index in [9.17, 15) is 8.42 Å². The number of hydrogen-bond donors (Lipinski definition) is 1. The predicted octanol–water partition coefficient (Wildman–Crippen LogP) is 3.15. The molecule has 1 aromatic heterocycles. The molecule has 0 saturated carbocycles. The van der Waals surface area contributed by atoms with Gasteiger partial charge < -0.3 is 10.2 Å². The highest BCUT2D eigenvalue weighted by molar-refractivity contribution is 7.89. The monoisotopic (exact) mass is 502 g/mol. The number of para-hydroxylation sites is 1. The minimum absolute atomic E-state index is 0.160. The Kier molecular flexibility index (Phi) is 8.00. The molecule has 1 aliphatic heterocycles. The Balaban J connectivity index is 1.43. The Hall–Kier alpha value is -2.30. The minimum atomic E-state index is -3.61. The summed E-state index contributed by atoms with van der Waals surface area (Å²) >= 11 is 6.15. The van der Waals surface area contributed by atoms with E-state index in [0.717, 1.165) is 42.1 Å². The van der Waals surface area contributed by atoms with Gasteiger partial charge in [-0.15, -0.1) is 0 Å². The van der Waals surface area contributed by atoms with E-state index in [0.29, 0.717) is 32.7 Å². The van der Waals surface area contributed by atoms with Crippen LogP contribution in [-0.4, -0.2) is 85.9 Å². The third kappa shape index (κ3) is 5.84. The fourth-order valence-electron chi connectivity index (χ4n) is 4.05. The van der Waals surface area contributed by atoms with Crippen molar-refractivity contribution in [1.82, 2.24) is 24.1 Å². The highest BCUT2D eigenvalue weighted by Crippen LogP contribution is 2.25. The molecule has 0 aliphatic carbocycles. The summed E-state index contributed by atoms with van der Waals surface area (Å²) in [5.74, 6) is 1.58. The number of piperazine rings is 1. The second-order valence-corrected chi connectivity index (χ2v) is 11.0. The van der Waals surface area contributed by atoms with Crippen molar-refractivity contribution >= 4 is 38.3 Å². The van der Waals surface area contributed by atoms with E-state index in [4.69, 9.17) is 21.6 Å². The van der Waals surface area contributed by atoms with E-state index in [2.05, 4.69) is 29.2 Å². The van der Waals surface area contributed by atoms with Gasteiger partial charge in [0.05, 0.1) is 17.1 Å². The van der Waals surface area contributed by atoms with Crippen LogP contribution in [0.5, 0.6) is 0 Å². The van der Waals surface area contributed by atoms with Crippen LogP contribution in [0.4, 0.5) is 5.82 Å². The fraction of sp³-hybridized carbons (Fsp3) is 0.417. The number of nitrogens with zero attached hydrogens (tertiary/aromatic N) is 5. The van der Waals surface area contributed by atoms with Crippen molar-refractivity contribution in [2.45, 2.75) is 17.9 Å². The molecule has 0 amide bonds. The lowest BCUT2D eigenvalue weighted by Crippen LogP contribution is -2.48. The van der Waals surface area contributed by atoms with Crippen molar-refractivity contribution in [3.63, 3.8) is 0 Å². The second kappa shape index (κ2) is 11.0. The largest absolute Gasteiger partial charge is 0.369 e. The summed E-state index contributed by atoms with van der Waals surface area (Å²) < 4.78 is 27.5. The van der Waals surface area contributed by atoms with Gasteiger partial charge in [0.2, 0.25) is 10.0 Å². The van der Waals surface area contributed by atoms with Crippen LogP contribution in [0, 0.1) is 0 Å². The number of rotatable bonds is 9. The molecule has 0 unspecified atom stereocenters. The molecule has 2 aromatic carbocycles. The van der Waals surface area contributed by atoms with Crippen LogP contribution in [0.15, 0.2) is 53.4 Å². The number of halogens is 1. The lowest BCUT2D eigenvalue weighted by Gasteiger charge is -2.33. The molecule has 10 heteroatoms. The number of sulfonamides is 1. The average molecular weight is 503 g/mol. The normalized spacial score (nSPS) is 15.8. The first-order chi connectivity index (χ1) is 16.3. The molecule has 4 rings (SSSR count). The first-order valence-electron chi connectivity index (χ1n) is 11.5. The molecular formula is C24H31ClN6O2S. The predicted molar refractivity (Wildman–Crippen MR) is 137 cm³/mol. The third-order valence-electron chi connectivity index (χ3n) is 5.87. The van der Waals surface area contributed by atoms with Crippen LogP contribution in [0.25, 0.3) is 10.9 Å². The number of fused-ring (bicyclic) bond motifs is 1. The average Bonchev–Trinajstić information content (AvgIpc) is 2.82. The van der Waals surface area contributed by atoms with Gasteiger partial charge in [-0.2, -0.15) is 4.31 Å². The van der Waals surface area contributed by atoms with Crippen molar-refractivity contribution in [2.24, 2.45) is 0 Å². The van der Waals surface area contributed by atoms with Crippen molar-refractivity contribution < 1.29 is 8.42 Å². The Morgan fingerprint density at radius 2 is 1.71 bits per heavy atom. The standard InChI is InChI=1S/C24H31ClN6O2S/c1-29(2)13-7-12-26-24-19-8-3-5-10-21(19)27-23(28-24)18-30-14-16-31(17-15-30)34(32,33)22-11-6-4-9-20(22)25/h3-6,8-11H,7,12-18H2,1-2H3,(H,26,27,28). The highest BCUT2D eigenvalue weighted by atomic mass is 35.5. The first-order valence-corrected chi connectivity index (χ1v) is 13.3. The number of nitrogens with one attached hydrogen (secondary N) is 1. The molecule has 34 heavy (non-hydrogen) atoms. The zero-order chi connectivity index (χ0) is 24.1. The number of anilines is 1. The SMILES string of the molecule is CN(C)CCCNc1nc(CN2CCN(S(=O)(=O)c3ccccc3Cl)CC2)nc2ccccc12. The summed E-state index contributed by atoms with van der Waals surface area (Å²) in [6.45, 7) is 4.41. The smallest absolute Gasteiger partial charge is 0.244 e. The van der Waals surface area contributed by atoms with Gasteiger partial charge in [0, 0.05) is 38.1 Å². The zero-order valence-electron chi connectivity index (χ0n) is 19.6. The Morgan fingerprint density at radius 3 is 2.44 bits per heavy atom. The Morgan fingerprint density at radius 1 is 1.00 bits per heavy atom. The molecule has 0 bridgehead atoms. The number of benzene rings is 2. The molecule has 1 N–H and O–H groups in total. The maximum Gasteiger partial charge on any atom is 0.244 e. The molecule has 0 spiro atoms. The van der Waals surface area contributed by atoms with Crippen LogP contribution in [0.3, 0.4) is 0 Å². The van der Waals surface area contributed by atoms with Crippen LogP contribution in [-0.2, 0) is 16.6 Å². The molecular weight excluding hydrogens is 472 g/mol. The zero-order valence-corrected chi connectivity index (χ0v) is 21.2. The van der Waals surface area contributed by atoms with Crippen molar-refractivity contribution in [1.29, 1.82) is 0 Å². The highest BCUT2D eigenvalue weighted by Gasteiger charge is 2.30. The summed E-state index contributed by atoms with van der Waals surface area (Å²) in [6, 6.07) is 14.6. The van der Waals surface area contributed by atoms with E-state index in [1.807, 2.05) is 24.3 Å². The van der Waals surface area contributed by atoms with Crippen molar-refractivity contribution in [2.75, 3.05) is 58.7 Å². The quantitative estimate of drug-likeness (QED) is 0.450. The van der Waals surface area contributed by atoms with E-state index < -0.39 is 10.0 Å². The van der Waals surface area contributed by atoms with E-state index in [1.165, 1.54) is 4.31 Å². The number of hydrogen-bond acceptors (Lipinski definition) is 7. The second-order valence-electron chi connectivity index (χ2n) is 8.70. The van der Waals surface area contributed by atoms with E-state index in [1.54, 1.807) is 24.3 Å². The summed E-state index contributed by atoms with van der Waals surface area (Å²) in [7, 11) is 0.521. The molecule has 1 saturated heterocycles. The van der Waals surface area contributed by atoms with Crippen molar-refractivity contribution in [3.8, 4) is 0 Å². The fourth-order valence-corrected chi connectivity index (χ4v) is 5.97. The van der Waals surface area contributed by atoms with E-state index in [-0.39, 0.29) is 9.92 Å². The van der Waals surface area contributed by atoms with Crippen molar-refractivity contribution in [3.05, 3.63) is 59.4 Å². The first kappa shape index (κ1) is 24.8. The summed E-state index contributed by atoms with van der Waals surface area (Å²) in [6.07, 6.45) is 1.02. The Bertz CT molecular complexity index is 1230. The van der Waals surface area contributed by atoms with Gasteiger partial charge in [-0.25, -0.2) is 18.4 Å². The summed E-state index contributed by atoms with van der Waals surface area (Å²) in [5.41, 5.74) is 0.905. The van der Waals surface area contributed by atoms with Gasteiger partial charge in [0.15, 0.2) is 0 Å². The molecule has 3 aromatic rings. The lowest BCUT2D eigenvalue weighted by atomic mass is 10.2. The molecule has 8 nitrogen and oxygen atoms in total. The van der Waals surface area contributed by atoms with Crippen LogP contribution < -0.4 is 5.32 Å². The van der Waals surface area contributed by atoms with Crippen LogP contribution in [0.2, 0.25) is 5.02 Å². The minimum Gasteiger partial charge on any atom is -0.369 e. The molecule has 1 aliphatic rings. The Labute approximate surface area is 206 Å². The van der Waals surface area contributed by atoms with Gasteiger partial charge in [-0.3, -0.25) is 4.90 Å². The van der Waals surface area contributed by atoms with Crippen LogP contribution in [0.1, 0.15) is 12.2 Å². The topological polar surface area (TPSA) is 81.7 Å². The van der Waals surface area contributed by atoms with E-state index >= 15 is 0 Å².